The van der Waals surface area contributed by atoms with E-state index in [4.69, 9.17) is 0 Å². The minimum absolute atomic E-state index is 0.222. The molecule has 66 valence electrons. The first-order chi connectivity index (χ1) is 6.27. The molecule has 0 saturated heterocycles. The highest BCUT2D eigenvalue weighted by atomic mass is 16.2. The van der Waals surface area contributed by atoms with Gasteiger partial charge in [-0.05, 0) is 13.0 Å². The Morgan fingerprint density at radius 2 is 2.31 bits per heavy atom. The van der Waals surface area contributed by atoms with Gasteiger partial charge in [0.1, 0.15) is 5.82 Å². The van der Waals surface area contributed by atoms with Gasteiger partial charge in [-0.2, -0.15) is 0 Å². The van der Waals surface area contributed by atoms with E-state index in [0.717, 1.165) is 0 Å². The van der Waals surface area contributed by atoms with Crippen molar-refractivity contribution in [2.24, 2.45) is 0 Å². The zero-order valence-electron chi connectivity index (χ0n) is 7.03. The minimum atomic E-state index is -0.222. The van der Waals surface area contributed by atoms with E-state index in [1.807, 2.05) is 0 Å². The Balaban J connectivity index is 2.57. The van der Waals surface area contributed by atoms with Crippen molar-refractivity contribution in [3.63, 3.8) is 0 Å². The van der Waals surface area contributed by atoms with Crippen molar-refractivity contribution in [3.8, 4) is 0 Å². The van der Waals surface area contributed by atoms with Crippen molar-refractivity contribution in [3.05, 3.63) is 29.5 Å². The molecule has 0 aromatic carbocycles. The third-order valence-electron chi connectivity index (χ3n) is 1.69. The first kappa shape index (κ1) is 7.72. The molecule has 0 fully saturated rings. The summed E-state index contributed by atoms with van der Waals surface area (Å²) in [5.74, 6) is 0.429. The van der Waals surface area contributed by atoms with E-state index < -0.39 is 0 Å². The molecule has 0 spiro atoms. The smallest absolute Gasteiger partial charge is 0.273 e. The fourth-order valence-electron chi connectivity index (χ4n) is 1.08. The average molecular weight is 176 g/mol. The summed E-state index contributed by atoms with van der Waals surface area (Å²) in [6.07, 6.45) is 4.86. The molecule has 1 aliphatic rings. The zero-order valence-corrected chi connectivity index (χ0v) is 7.03. The molecule has 0 atom stereocenters. The van der Waals surface area contributed by atoms with E-state index in [2.05, 4.69) is 20.8 Å². The number of amides is 1. The molecule has 13 heavy (non-hydrogen) atoms. The van der Waals surface area contributed by atoms with E-state index in [0.29, 0.717) is 17.1 Å². The van der Waals surface area contributed by atoms with E-state index in [1.165, 1.54) is 6.20 Å². The lowest BCUT2D eigenvalue weighted by atomic mass is 10.2. The number of hydrazine groups is 1. The Morgan fingerprint density at radius 3 is 3.15 bits per heavy atom. The van der Waals surface area contributed by atoms with Gasteiger partial charge in [-0.1, -0.05) is 0 Å². The van der Waals surface area contributed by atoms with Gasteiger partial charge in [0.2, 0.25) is 0 Å². The first-order valence-electron chi connectivity index (χ1n) is 3.83. The minimum Gasteiger partial charge on any atom is -0.306 e. The number of carbonyl (C=O) groups is 1. The largest absolute Gasteiger partial charge is 0.306 e. The number of nitrogens with one attached hydrogen (secondary N) is 2. The van der Waals surface area contributed by atoms with Crippen LogP contribution in [0, 0.1) is 6.92 Å². The van der Waals surface area contributed by atoms with Crippen molar-refractivity contribution in [2.75, 3.05) is 0 Å². The Morgan fingerprint density at radius 1 is 1.46 bits per heavy atom. The number of rotatable bonds is 0. The van der Waals surface area contributed by atoms with Crippen LogP contribution in [0.25, 0.3) is 6.08 Å². The number of aryl methyl sites for hydroxylation is 1. The van der Waals surface area contributed by atoms with Crippen LogP contribution in [0.5, 0.6) is 0 Å². The summed E-state index contributed by atoms with van der Waals surface area (Å²) in [5, 5.41) is 0. The molecule has 5 heteroatoms. The maximum atomic E-state index is 11.3. The molecule has 0 saturated carbocycles. The normalized spacial score (nSPS) is 14.1. The predicted molar refractivity (Wildman–Crippen MR) is 46.4 cm³/mol. The predicted octanol–water partition coefficient (Wildman–Crippen LogP) is 0.00372. The standard InChI is InChI=1S/C8H8N4O/c1-5-9-4-6-7(11-5)2-3-10-12-8(6)13/h2-4,10H,1H3,(H,12,13). The van der Waals surface area contributed by atoms with Crippen molar-refractivity contribution in [1.82, 2.24) is 20.8 Å². The Bertz CT molecular complexity index is 386. The summed E-state index contributed by atoms with van der Waals surface area (Å²) in [4.78, 5) is 19.4. The number of hydrogen-bond acceptors (Lipinski definition) is 4. The maximum absolute atomic E-state index is 11.3. The fraction of sp³-hybridized carbons (Fsp3) is 0.125. The second-order valence-corrected chi connectivity index (χ2v) is 2.65. The van der Waals surface area contributed by atoms with Gasteiger partial charge < -0.3 is 5.43 Å². The SMILES string of the molecule is Cc1ncc2c(n1)C=CNNC2=O. The molecule has 0 aliphatic carbocycles. The van der Waals surface area contributed by atoms with Gasteiger partial charge in [-0.15, -0.1) is 0 Å². The third-order valence-corrected chi connectivity index (χ3v) is 1.69. The van der Waals surface area contributed by atoms with Crippen LogP contribution in [0.1, 0.15) is 21.9 Å². The van der Waals surface area contributed by atoms with Crippen LogP contribution in [0.4, 0.5) is 0 Å². The molecule has 2 N–H and O–H groups in total. The highest BCUT2D eigenvalue weighted by Crippen LogP contribution is 2.08. The molecular weight excluding hydrogens is 168 g/mol. The molecule has 1 amide bonds. The van der Waals surface area contributed by atoms with E-state index in [-0.39, 0.29) is 5.91 Å². The Labute approximate surface area is 74.9 Å². The monoisotopic (exact) mass is 176 g/mol. The number of fused-ring (bicyclic) bond motifs is 1. The average Bonchev–Trinajstić information content (AvgIpc) is 2.28. The lowest BCUT2D eigenvalue weighted by Crippen LogP contribution is -2.32. The molecule has 0 bridgehead atoms. The fourth-order valence-corrected chi connectivity index (χ4v) is 1.08. The van der Waals surface area contributed by atoms with Gasteiger partial charge >= 0.3 is 0 Å². The van der Waals surface area contributed by atoms with Gasteiger partial charge in [0.15, 0.2) is 0 Å². The van der Waals surface area contributed by atoms with Crippen LogP contribution >= 0.6 is 0 Å². The molecule has 1 aliphatic heterocycles. The molecule has 2 rings (SSSR count). The van der Waals surface area contributed by atoms with Crippen LogP contribution in [0.2, 0.25) is 0 Å². The van der Waals surface area contributed by atoms with Gasteiger partial charge in [-0.3, -0.25) is 10.2 Å². The second kappa shape index (κ2) is 2.85. The number of aromatic nitrogens is 2. The zero-order chi connectivity index (χ0) is 9.26. The second-order valence-electron chi connectivity index (χ2n) is 2.65. The summed E-state index contributed by atoms with van der Waals surface area (Å²) >= 11 is 0. The highest BCUT2D eigenvalue weighted by molar-refractivity contribution is 5.97. The van der Waals surface area contributed by atoms with Gasteiger partial charge in [0, 0.05) is 12.4 Å². The number of hydrogen-bond donors (Lipinski definition) is 2. The molecule has 0 unspecified atom stereocenters. The molecular formula is C8H8N4O. The maximum Gasteiger partial charge on any atom is 0.273 e. The molecule has 2 heterocycles. The highest BCUT2D eigenvalue weighted by Gasteiger charge is 2.13. The van der Waals surface area contributed by atoms with Gasteiger partial charge in [-0.25, -0.2) is 9.97 Å². The molecule has 5 nitrogen and oxygen atoms in total. The van der Waals surface area contributed by atoms with E-state index in [1.54, 1.807) is 19.2 Å². The third kappa shape index (κ3) is 1.35. The molecule has 0 radical (unpaired) electrons. The summed E-state index contributed by atoms with van der Waals surface area (Å²) in [6.45, 7) is 1.78. The van der Waals surface area contributed by atoms with E-state index in [9.17, 15) is 4.79 Å². The van der Waals surface area contributed by atoms with Crippen LogP contribution in [-0.4, -0.2) is 15.9 Å². The summed E-state index contributed by atoms with van der Waals surface area (Å²) in [5.41, 5.74) is 6.19. The quantitative estimate of drug-likeness (QED) is 0.584. The summed E-state index contributed by atoms with van der Waals surface area (Å²) in [6, 6.07) is 0. The van der Waals surface area contributed by atoms with Crippen LogP contribution < -0.4 is 10.9 Å². The lowest BCUT2D eigenvalue weighted by Gasteiger charge is -2.02. The van der Waals surface area contributed by atoms with Crippen molar-refractivity contribution in [1.29, 1.82) is 0 Å². The summed E-state index contributed by atoms with van der Waals surface area (Å²) in [7, 11) is 0. The first-order valence-corrected chi connectivity index (χ1v) is 3.83. The van der Waals surface area contributed by atoms with Crippen LogP contribution in [0.3, 0.4) is 0 Å². The van der Waals surface area contributed by atoms with Gasteiger partial charge in [0.05, 0.1) is 11.3 Å². The van der Waals surface area contributed by atoms with Gasteiger partial charge in [0.25, 0.3) is 5.91 Å². The number of carbonyl (C=O) groups excluding carboxylic acids is 1. The van der Waals surface area contributed by atoms with Crippen molar-refractivity contribution >= 4 is 12.0 Å². The molecule has 1 aromatic rings. The lowest BCUT2D eigenvalue weighted by molar-refractivity contribution is 0.0941. The topological polar surface area (TPSA) is 66.9 Å². The Hall–Kier alpha value is -1.91. The van der Waals surface area contributed by atoms with Crippen molar-refractivity contribution in [2.45, 2.75) is 6.92 Å². The Kier molecular flexibility index (Phi) is 1.70. The number of nitrogens with zero attached hydrogens (tertiary/aromatic N) is 2. The van der Waals surface area contributed by atoms with Crippen LogP contribution in [0.15, 0.2) is 12.4 Å². The van der Waals surface area contributed by atoms with E-state index >= 15 is 0 Å². The van der Waals surface area contributed by atoms with Crippen molar-refractivity contribution < 1.29 is 4.79 Å². The molecule has 1 aromatic heterocycles. The summed E-state index contributed by atoms with van der Waals surface area (Å²) < 4.78 is 0. The van der Waals surface area contributed by atoms with Crippen LogP contribution in [-0.2, 0) is 0 Å².